The average Bonchev–Trinajstić information content (AvgIpc) is 2.98. The molecule has 1 amide bonds. The molecular formula is C14H15N3O4. The van der Waals surface area contributed by atoms with Crippen LogP contribution in [0.15, 0.2) is 41.0 Å². The molecule has 7 nitrogen and oxygen atoms in total. The van der Waals surface area contributed by atoms with E-state index >= 15 is 0 Å². The molecule has 0 unspecified atom stereocenters. The third-order valence-electron chi connectivity index (χ3n) is 2.83. The lowest BCUT2D eigenvalue weighted by molar-refractivity contribution is -0.384. The third kappa shape index (κ3) is 3.59. The summed E-state index contributed by atoms with van der Waals surface area (Å²) in [4.78, 5) is 22.5. The SMILES string of the molecule is CCNc1cc(C(=O)NCc2ccco2)ccc1[N+](=O)[O-]. The molecule has 0 atom stereocenters. The largest absolute Gasteiger partial charge is 0.467 e. The number of carbonyl (C=O) groups excluding carboxylic acids is 1. The van der Waals surface area contributed by atoms with Crippen LogP contribution >= 0.6 is 0 Å². The number of amides is 1. The highest BCUT2D eigenvalue weighted by Gasteiger charge is 2.16. The van der Waals surface area contributed by atoms with Gasteiger partial charge in [0.1, 0.15) is 11.4 Å². The van der Waals surface area contributed by atoms with Crippen LogP contribution in [-0.2, 0) is 6.54 Å². The Morgan fingerprint density at radius 3 is 2.81 bits per heavy atom. The predicted octanol–water partition coefficient (Wildman–Crippen LogP) is 2.55. The molecule has 7 heteroatoms. The summed E-state index contributed by atoms with van der Waals surface area (Å²) in [5.41, 5.74) is 0.621. The van der Waals surface area contributed by atoms with Gasteiger partial charge in [0.15, 0.2) is 0 Å². The van der Waals surface area contributed by atoms with Crippen LogP contribution < -0.4 is 10.6 Å². The first-order chi connectivity index (χ1) is 10.1. The quantitative estimate of drug-likeness (QED) is 0.629. The van der Waals surface area contributed by atoms with E-state index in [1.165, 1.54) is 24.5 Å². The van der Waals surface area contributed by atoms with Gasteiger partial charge in [0.2, 0.25) is 0 Å². The molecule has 0 bridgehead atoms. The van der Waals surface area contributed by atoms with Crippen LogP contribution in [0, 0.1) is 10.1 Å². The molecule has 110 valence electrons. The zero-order valence-corrected chi connectivity index (χ0v) is 11.5. The summed E-state index contributed by atoms with van der Waals surface area (Å²) in [5, 5.41) is 16.5. The monoisotopic (exact) mass is 289 g/mol. The average molecular weight is 289 g/mol. The van der Waals surface area contributed by atoms with E-state index in [1.54, 1.807) is 12.1 Å². The highest BCUT2D eigenvalue weighted by molar-refractivity contribution is 5.95. The summed E-state index contributed by atoms with van der Waals surface area (Å²) >= 11 is 0. The number of rotatable bonds is 6. The second-order valence-electron chi connectivity index (χ2n) is 4.28. The molecule has 2 N–H and O–H groups in total. The Morgan fingerprint density at radius 2 is 2.19 bits per heavy atom. The Labute approximate surface area is 121 Å². The summed E-state index contributed by atoms with van der Waals surface area (Å²) < 4.78 is 5.12. The molecule has 0 radical (unpaired) electrons. The summed E-state index contributed by atoms with van der Waals surface area (Å²) in [6, 6.07) is 7.70. The minimum atomic E-state index is -0.484. The van der Waals surface area contributed by atoms with Crippen LogP contribution in [0.3, 0.4) is 0 Å². The maximum absolute atomic E-state index is 12.0. The molecule has 0 fully saturated rings. The van der Waals surface area contributed by atoms with Crippen molar-refractivity contribution in [3.05, 3.63) is 58.0 Å². The van der Waals surface area contributed by atoms with E-state index in [0.29, 0.717) is 23.6 Å². The second-order valence-corrected chi connectivity index (χ2v) is 4.28. The number of hydrogen-bond acceptors (Lipinski definition) is 5. The van der Waals surface area contributed by atoms with Gasteiger partial charge in [-0.3, -0.25) is 14.9 Å². The standard InChI is InChI=1S/C14H15N3O4/c1-2-15-12-8-10(5-6-13(12)17(19)20)14(18)16-9-11-4-3-7-21-11/h3-8,15H,2,9H2,1H3,(H,16,18). The zero-order valence-electron chi connectivity index (χ0n) is 11.5. The fraction of sp³-hybridized carbons (Fsp3) is 0.214. The van der Waals surface area contributed by atoms with E-state index in [-0.39, 0.29) is 18.1 Å². The molecule has 0 spiro atoms. The minimum Gasteiger partial charge on any atom is -0.467 e. The Bertz CT molecular complexity index is 638. The van der Waals surface area contributed by atoms with Gasteiger partial charge in [0.25, 0.3) is 11.6 Å². The molecule has 0 aliphatic heterocycles. The van der Waals surface area contributed by atoms with E-state index in [2.05, 4.69) is 10.6 Å². The number of nitro groups is 1. The van der Waals surface area contributed by atoms with E-state index in [4.69, 9.17) is 4.42 Å². The normalized spacial score (nSPS) is 10.1. The van der Waals surface area contributed by atoms with Crippen LogP contribution in [0.4, 0.5) is 11.4 Å². The van der Waals surface area contributed by atoms with Crippen molar-refractivity contribution in [2.24, 2.45) is 0 Å². The number of anilines is 1. The number of nitro benzene ring substituents is 1. The summed E-state index contributed by atoms with van der Waals surface area (Å²) in [6.45, 7) is 2.62. The number of nitrogens with one attached hydrogen (secondary N) is 2. The molecule has 2 aromatic rings. The number of furan rings is 1. The van der Waals surface area contributed by atoms with Gasteiger partial charge in [-0.25, -0.2) is 0 Å². The highest BCUT2D eigenvalue weighted by atomic mass is 16.6. The second kappa shape index (κ2) is 6.56. The summed E-state index contributed by atoms with van der Waals surface area (Å²) in [6.07, 6.45) is 1.52. The molecule has 21 heavy (non-hydrogen) atoms. The van der Waals surface area contributed by atoms with Crippen molar-refractivity contribution >= 4 is 17.3 Å². The highest BCUT2D eigenvalue weighted by Crippen LogP contribution is 2.25. The summed E-state index contributed by atoms with van der Waals surface area (Å²) in [7, 11) is 0. The van der Waals surface area contributed by atoms with Gasteiger partial charge in [-0.1, -0.05) is 0 Å². The predicted molar refractivity (Wildman–Crippen MR) is 77.1 cm³/mol. The molecule has 0 saturated heterocycles. The van der Waals surface area contributed by atoms with Crippen molar-refractivity contribution < 1.29 is 14.1 Å². The van der Waals surface area contributed by atoms with Gasteiger partial charge in [-0.15, -0.1) is 0 Å². The van der Waals surface area contributed by atoms with Gasteiger partial charge in [0.05, 0.1) is 17.7 Å². The molecule has 0 aliphatic carbocycles. The van der Waals surface area contributed by atoms with E-state index in [0.717, 1.165) is 0 Å². The van der Waals surface area contributed by atoms with Crippen molar-refractivity contribution in [3.8, 4) is 0 Å². The van der Waals surface area contributed by atoms with Crippen molar-refractivity contribution in [1.29, 1.82) is 0 Å². The maximum Gasteiger partial charge on any atom is 0.292 e. The van der Waals surface area contributed by atoms with Crippen LogP contribution in [0.2, 0.25) is 0 Å². The minimum absolute atomic E-state index is 0.0561. The molecule has 2 rings (SSSR count). The van der Waals surface area contributed by atoms with Crippen molar-refractivity contribution in [3.63, 3.8) is 0 Å². The van der Waals surface area contributed by atoms with Crippen LogP contribution in [-0.4, -0.2) is 17.4 Å². The molecule has 0 aliphatic rings. The fourth-order valence-electron chi connectivity index (χ4n) is 1.85. The molecule has 1 heterocycles. The van der Waals surface area contributed by atoms with Crippen LogP contribution in [0.25, 0.3) is 0 Å². The van der Waals surface area contributed by atoms with Gasteiger partial charge >= 0.3 is 0 Å². The Kier molecular flexibility index (Phi) is 4.55. The van der Waals surface area contributed by atoms with Gasteiger partial charge in [0, 0.05) is 18.2 Å². The first-order valence-corrected chi connectivity index (χ1v) is 6.44. The number of benzene rings is 1. The molecule has 1 aromatic carbocycles. The van der Waals surface area contributed by atoms with Crippen molar-refractivity contribution in [2.45, 2.75) is 13.5 Å². The summed E-state index contributed by atoms with van der Waals surface area (Å²) in [5.74, 6) is 0.317. The van der Waals surface area contributed by atoms with Crippen LogP contribution in [0.5, 0.6) is 0 Å². The Balaban J connectivity index is 2.13. The van der Waals surface area contributed by atoms with Crippen molar-refractivity contribution in [1.82, 2.24) is 5.32 Å². The Morgan fingerprint density at radius 1 is 1.38 bits per heavy atom. The molecule has 0 saturated carbocycles. The van der Waals surface area contributed by atoms with E-state index in [9.17, 15) is 14.9 Å². The molecule has 1 aromatic heterocycles. The maximum atomic E-state index is 12.0. The Hall–Kier alpha value is -2.83. The van der Waals surface area contributed by atoms with E-state index in [1.807, 2.05) is 6.92 Å². The van der Waals surface area contributed by atoms with Gasteiger partial charge < -0.3 is 15.1 Å². The topological polar surface area (TPSA) is 97.4 Å². The lowest BCUT2D eigenvalue weighted by Gasteiger charge is -2.08. The van der Waals surface area contributed by atoms with Gasteiger partial charge in [-0.05, 0) is 31.2 Å². The zero-order chi connectivity index (χ0) is 15.2. The number of nitrogens with zero attached hydrogens (tertiary/aromatic N) is 1. The third-order valence-corrected chi connectivity index (χ3v) is 2.83. The van der Waals surface area contributed by atoms with Crippen molar-refractivity contribution in [2.75, 3.05) is 11.9 Å². The van der Waals surface area contributed by atoms with Crippen LogP contribution in [0.1, 0.15) is 23.0 Å². The van der Waals surface area contributed by atoms with E-state index < -0.39 is 4.92 Å². The van der Waals surface area contributed by atoms with Gasteiger partial charge in [-0.2, -0.15) is 0 Å². The lowest BCUT2D eigenvalue weighted by Crippen LogP contribution is -2.22. The smallest absolute Gasteiger partial charge is 0.292 e. The number of hydrogen-bond donors (Lipinski definition) is 2. The molecular weight excluding hydrogens is 274 g/mol. The fourth-order valence-corrected chi connectivity index (χ4v) is 1.85. The lowest BCUT2D eigenvalue weighted by atomic mass is 10.1. The first-order valence-electron chi connectivity index (χ1n) is 6.44. The first kappa shape index (κ1) is 14.6. The number of carbonyl (C=O) groups is 1.